The molecule has 0 amide bonds. The second-order valence-corrected chi connectivity index (χ2v) is 6.17. The van der Waals surface area contributed by atoms with Gasteiger partial charge >= 0.3 is 0 Å². The van der Waals surface area contributed by atoms with E-state index in [0.717, 1.165) is 76.9 Å². The Morgan fingerprint density at radius 1 is 1.09 bits per heavy atom. The summed E-state index contributed by atoms with van der Waals surface area (Å²) >= 11 is 0. The predicted octanol–water partition coefficient (Wildman–Crippen LogP) is 0.0136. The van der Waals surface area contributed by atoms with Crippen molar-refractivity contribution >= 4 is 11.3 Å². The molecule has 0 aromatic carbocycles. The Bertz CT molecular complexity index is 645. The largest absolute Gasteiger partial charge is 0.379 e. The molecule has 23 heavy (non-hydrogen) atoms. The molecule has 4 rings (SSSR count). The van der Waals surface area contributed by atoms with Crippen LogP contribution < -0.4 is 10.2 Å². The van der Waals surface area contributed by atoms with Crippen LogP contribution in [0.1, 0.15) is 5.82 Å². The van der Waals surface area contributed by atoms with Crippen molar-refractivity contribution in [1.29, 1.82) is 0 Å². The second kappa shape index (κ2) is 6.82. The van der Waals surface area contributed by atoms with Crippen molar-refractivity contribution < 1.29 is 4.74 Å². The highest BCUT2D eigenvalue weighted by molar-refractivity contribution is 5.56. The van der Waals surface area contributed by atoms with Gasteiger partial charge in [-0.1, -0.05) is 0 Å². The number of fused-ring (bicyclic) bond motifs is 1. The van der Waals surface area contributed by atoms with Crippen LogP contribution in [-0.2, 0) is 11.2 Å². The minimum atomic E-state index is 0.842. The van der Waals surface area contributed by atoms with Gasteiger partial charge in [-0.15, -0.1) is 10.2 Å². The highest BCUT2D eigenvalue weighted by Gasteiger charge is 2.14. The summed E-state index contributed by atoms with van der Waals surface area (Å²) in [6.07, 6.45) is 3.04. The number of anilines is 1. The van der Waals surface area contributed by atoms with Crippen molar-refractivity contribution in [1.82, 2.24) is 24.8 Å². The van der Waals surface area contributed by atoms with E-state index in [4.69, 9.17) is 4.74 Å². The van der Waals surface area contributed by atoms with E-state index in [9.17, 15) is 0 Å². The van der Waals surface area contributed by atoms with Gasteiger partial charge in [-0.25, -0.2) is 0 Å². The Balaban J connectivity index is 1.46. The smallest absolute Gasteiger partial charge is 0.162 e. The van der Waals surface area contributed by atoms with E-state index in [1.165, 1.54) is 5.69 Å². The topological polar surface area (TPSA) is 57.9 Å². The molecule has 0 unspecified atom stereocenters. The summed E-state index contributed by atoms with van der Waals surface area (Å²) in [6, 6.07) is 4.33. The maximum Gasteiger partial charge on any atom is 0.162 e. The molecule has 2 fully saturated rings. The van der Waals surface area contributed by atoms with Crippen molar-refractivity contribution in [2.24, 2.45) is 0 Å². The van der Waals surface area contributed by atoms with Gasteiger partial charge in [0, 0.05) is 70.2 Å². The molecule has 7 heteroatoms. The Morgan fingerprint density at radius 3 is 2.74 bits per heavy atom. The first kappa shape index (κ1) is 14.9. The molecule has 0 bridgehead atoms. The van der Waals surface area contributed by atoms with Crippen LogP contribution in [0.25, 0.3) is 5.65 Å². The van der Waals surface area contributed by atoms with Crippen molar-refractivity contribution in [3.8, 4) is 0 Å². The molecule has 0 aliphatic carbocycles. The molecule has 2 aromatic rings. The number of hydrogen-bond donors (Lipinski definition) is 1. The minimum Gasteiger partial charge on any atom is -0.379 e. The van der Waals surface area contributed by atoms with Gasteiger partial charge in [0.05, 0.1) is 13.2 Å². The molecule has 0 radical (unpaired) electrons. The number of pyridine rings is 1. The quantitative estimate of drug-likeness (QED) is 0.858. The fraction of sp³-hybridized carbons (Fsp3) is 0.625. The van der Waals surface area contributed by atoms with Gasteiger partial charge in [-0.3, -0.25) is 9.30 Å². The van der Waals surface area contributed by atoms with Gasteiger partial charge < -0.3 is 15.0 Å². The molecule has 0 saturated carbocycles. The summed E-state index contributed by atoms with van der Waals surface area (Å²) in [5.74, 6) is 1.04. The standard InChI is InChI=1S/C16H24N6O/c1-6-22-15(2-5-20-9-11-23-12-10-20)18-19-16(22)13-14(1)21-7-3-17-4-8-21/h1,6,13,17H,2-5,7-12H2. The lowest BCUT2D eigenvalue weighted by molar-refractivity contribution is 0.0382. The third kappa shape index (κ3) is 3.31. The summed E-state index contributed by atoms with van der Waals surface area (Å²) < 4.78 is 7.51. The van der Waals surface area contributed by atoms with Gasteiger partial charge in [0.2, 0.25) is 0 Å². The zero-order valence-corrected chi connectivity index (χ0v) is 13.4. The Kier molecular flexibility index (Phi) is 4.41. The van der Waals surface area contributed by atoms with E-state index in [-0.39, 0.29) is 0 Å². The van der Waals surface area contributed by atoms with Crippen molar-refractivity contribution in [2.75, 3.05) is 63.9 Å². The van der Waals surface area contributed by atoms with Gasteiger partial charge in [-0.2, -0.15) is 0 Å². The summed E-state index contributed by atoms with van der Waals surface area (Å²) in [4.78, 5) is 4.83. The number of rotatable bonds is 4. The molecule has 1 N–H and O–H groups in total. The van der Waals surface area contributed by atoms with Crippen molar-refractivity contribution in [2.45, 2.75) is 6.42 Å². The molecule has 2 aromatic heterocycles. The number of morpholine rings is 1. The maximum absolute atomic E-state index is 5.39. The molecule has 2 aliphatic rings. The van der Waals surface area contributed by atoms with Gasteiger partial charge in [0.15, 0.2) is 5.65 Å². The summed E-state index contributed by atoms with van der Waals surface area (Å²) in [6.45, 7) is 8.93. The molecule has 2 aliphatic heterocycles. The van der Waals surface area contributed by atoms with E-state index in [2.05, 4.69) is 48.0 Å². The molecule has 0 atom stereocenters. The number of nitrogens with one attached hydrogen (secondary N) is 1. The highest BCUT2D eigenvalue weighted by atomic mass is 16.5. The Morgan fingerprint density at radius 2 is 1.91 bits per heavy atom. The van der Waals surface area contributed by atoms with Gasteiger partial charge in [0.1, 0.15) is 5.82 Å². The third-order valence-corrected chi connectivity index (χ3v) is 4.70. The minimum absolute atomic E-state index is 0.842. The van der Waals surface area contributed by atoms with Crippen LogP contribution in [-0.4, -0.2) is 78.5 Å². The van der Waals surface area contributed by atoms with E-state index < -0.39 is 0 Å². The van der Waals surface area contributed by atoms with Gasteiger partial charge in [-0.05, 0) is 6.07 Å². The SMILES string of the molecule is c1cn2c(CCN3CCOCC3)nnc2cc1N1CCNCC1. The number of aromatic nitrogens is 3. The Hall–Kier alpha value is -1.70. The number of piperazine rings is 1. The summed E-state index contributed by atoms with van der Waals surface area (Å²) in [5, 5.41) is 12.1. The average molecular weight is 316 g/mol. The first-order valence-corrected chi connectivity index (χ1v) is 8.49. The highest BCUT2D eigenvalue weighted by Crippen LogP contribution is 2.17. The van der Waals surface area contributed by atoms with Gasteiger partial charge in [0.25, 0.3) is 0 Å². The molecule has 4 heterocycles. The summed E-state index contributed by atoms with van der Waals surface area (Å²) in [5.41, 5.74) is 2.18. The van der Waals surface area contributed by atoms with Crippen LogP contribution >= 0.6 is 0 Å². The van der Waals surface area contributed by atoms with Crippen LogP contribution in [0.5, 0.6) is 0 Å². The molecule has 7 nitrogen and oxygen atoms in total. The first-order chi connectivity index (χ1) is 11.4. The zero-order valence-electron chi connectivity index (χ0n) is 13.4. The van der Waals surface area contributed by atoms with Crippen molar-refractivity contribution in [3.05, 3.63) is 24.2 Å². The summed E-state index contributed by atoms with van der Waals surface area (Å²) in [7, 11) is 0. The van der Waals surface area contributed by atoms with E-state index >= 15 is 0 Å². The van der Waals surface area contributed by atoms with E-state index in [0.29, 0.717) is 0 Å². The molecule has 0 spiro atoms. The lowest BCUT2D eigenvalue weighted by Gasteiger charge is -2.29. The number of hydrogen-bond acceptors (Lipinski definition) is 6. The van der Waals surface area contributed by atoms with Crippen LogP contribution in [0.15, 0.2) is 18.3 Å². The third-order valence-electron chi connectivity index (χ3n) is 4.70. The lowest BCUT2D eigenvalue weighted by Crippen LogP contribution is -2.43. The van der Waals surface area contributed by atoms with Crippen LogP contribution in [0.4, 0.5) is 5.69 Å². The fourth-order valence-electron chi connectivity index (χ4n) is 3.30. The lowest BCUT2D eigenvalue weighted by atomic mass is 10.3. The normalized spacial score (nSPS) is 20.3. The first-order valence-electron chi connectivity index (χ1n) is 8.49. The zero-order chi connectivity index (χ0) is 15.5. The number of ether oxygens (including phenoxy) is 1. The molecular formula is C16H24N6O. The monoisotopic (exact) mass is 316 g/mol. The molecule has 2 saturated heterocycles. The van der Waals surface area contributed by atoms with Crippen LogP contribution in [0, 0.1) is 0 Å². The predicted molar refractivity (Wildman–Crippen MR) is 89.0 cm³/mol. The van der Waals surface area contributed by atoms with Crippen LogP contribution in [0.2, 0.25) is 0 Å². The average Bonchev–Trinajstić information content (AvgIpc) is 3.04. The Labute approximate surface area is 136 Å². The van der Waals surface area contributed by atoms with E-state index in [1.807, 2.05) is 0 Å². The van der Waals surface area contributed by atoms with Crippen molar-refractivity contribution in [3.63, 3.8) is 0 Å². The second-order valence-electron chi connectivity index (χ2n) is 6.17. The molecule has 124 valence electrons. The van der Waals surface area contributed by atoms with Crippen LogP contribution in [0.3, 0.4) is 0 Å². The van der Waals surface area contributed by atoms with E-state index in [1.54, 1.807) is 0 Å². The number of nitrogens with zero attached hydrogens (tertiary/aromatic N) is 5. The maximum atomic E-state index is 5.39. The molecular weight excluding hydrogens is 292 g/mol. The fourth-order valence-corrected chi connectivity index (χ4v) is 3.30.